The van der Waals surface area contributed by atoms with Gasteiger partial charge in [-0.15, -0.1) is 0 Å². The lowest BCUT2D eigenvalue weighted by molar-refractivity contribution is 0.297. The summed E-state index contributed by atoms with van der Waals surface area (Å²) in [6.07, 6.45) is 1.09. The second-order valence-corrected chi connectivity index (χ2v) is 6.04. The highest BCUT2D eigenvalue weighted by atomic mass is 32.2. The predicted molar refractivity (Wildman–Crippen MR) is 71.6 cm³/mol. The smallest absolute Gasteiger partial charge is 0.229 e. The van der Waals surface area contributed by atoms with Crippen molar-refractivity contribution in [3.8, 4) is 11.1 Å². The number of sulfone groups is 1. The Labute approximate surface area is 115 Å². The quantitative estimate of drug-likeness (QED) is 0.740. The van der Waals surface area contributed by atoms with E-state index in [1.165, 1.54) is 6.07 Å². The first kappa shape index (κ1) is 12.6. The van der Waals surface area contributed by atoms with Crippen molar-refractivity contribution in [2.24, 2.45) is 0 Å². The zero-order chi connectivity index (χ0) is 14.0. The second-order valence-electron chi connectivity index (χ2n) is 4.14. The lowest BCUT2D eigenvalue weighted by Gasteiger charge is -2.04. The summed E-state index contributed by atoms with van der Waals surface area (Å²) in [4.78, 5) is 0.162. The molecule has 1 heterocycles. The fraction of sp³-hybridized carbons (Fsp3) is 0. The van der Waals surface area contributed by atoms with Crippen LogP contribution in [-0.4, -0.2) is 18.7 Å². The summed E-state index contributed by atoms with van der Waals surface area (Å²) in [5.41, 5.74) is 1.77. The third-order valence-electron chi connectivity index (χ3n) is 2.87. The molecule has 0 bridgehead atoms. The van der Waals surface area contributed by atoms with Gasteiger partial charge in [-0.2, -0.15) is 0 Å². The zero-order valence-corrected chi connectivity index (χ0v) is 11.1. The van der Waals surface area contributed by atoms with Crippen LogP contribution in [0.3, 0.4) is 0 Å². The highest BCUT2D eigenvalue weighted by Crippen LogP contribution is 2.25. The first-order valence-electron chi connectivity index (χ1n) is 5.86. The Bertz CT molecular complexity index is 813. The van der Waals surface area contributed by atoms with Gasteiger partial charge in [0.15, 0.2) is 0 Å². The molecule has 2 aromatic carbocycles. The van der Waals surface area contributed by atoms with Crippen molar-refractivity contribution in [1.82, 2.24) is 10.3 Å². The van der Waals surface area contributed by atoms with Crippen molar-refractivity contribution < 1.29 is 13.0 Å². The average Bonchev–Trinajstić information content (AvgIpc) is 3.03. The van der Waals surface area contributed by atoms with Crippen molar-refractivity contribution in [1.29, 1.82) is 0 Å². The van der Waals surface area contributed by atoms with Crippen LogP contribution in [0.15, 0.2) is 75.3 Å². The Morgan fingerprint density at radius 2 is 1.65 bits per heavy atom. The molecule has 0 aliphatic carbocycles. The molecule has 0 radical (unpaired) electrons. The van der Waals surface area contributed by atoms with Crippen molar-refractivity contribution in [2.75, 3.05) is 0 Å². The van der Waals surface area contributed by atoms with Gasteiger partial charge in [-0.25, -0.2) is 13.0 Å². The number of nitrogens with zero attached hydrogens (tertiary/aromatic N) is 2. The van der Waals surface area contributed by atoms with E-state index < -0.39 is 9.84 Å². The van der Waals surface area contributed by atoms with Gasteiger partial charge in [-0.1, -0.05) is 47.6 Å². The summed E-state index contributed by atoms with van der Waals surface area (Å²) in [5, 5.41) is 6.53. The minimum Gasteiger partial charge on any atom is -0.243 e. The summed E-state index contributed by atoms with van der Waals surface area (Å²) < 4.78 is 29.0. The lowest BCUT2D eigenvalue weighted by Crippen LogP contribution is -2.02. The van der Waals surface area contributed by atoms with Crippen LogP contribution in [0.5, 0.6) is 0 Å². The number of hydrogen-bond donors (Lipinski definition) is 0. The standard InChI is InChI=1S/C14H10N2O3S/c17-20(18,14-10-15-19-16-14)13-8-4-7-12(9-13)11-5-2-1-3-6-11/h1-10H. The Hall–Kier alpha value is -2.47. The average molecular weight is 286 g/mol. The highest BCUT2D eigenvalue weighted by molar-refractivity contribution is 7.91. The molecule has 5 nitrogen and oxygen atoms in total. The molecule has 0 aliphatic rings. The summed E-state index contributed by atoms with van der Waals surface area (Å²) in [7, 11) is -3.69. The molecular weight excluding hydrogens is 276 g/mol. The van der Waals surface area contributed by atoms with Gasteiger partial charge in [0.25, 0.3) is 0 Å². The van der Waals surface area contributed by atoms with Crippen LogP contribution in [-0.2, 0) is 9.84 Å². The van der Waals surface area contributed by atoms with Crippen molar-refractivity contribution in [2.45, 2.75) is 9.92 Å². The van der Waals surface area contributed by atoms with E-state index in [2.05, 4.69) is 14.9 Å². The molecule has 0 amide bonds. The molecule has 0 unspecified atom stereocenters. The molecular formula is C14H10N2O3S. The molecule has 0 saturated heterocycles. The van der Waals surface area contributed by atoms with Crippen LogP contribution < -0.4 is 0 Å². The maximum absolute atomic E-state index is 12.3. The molecule has 0 saturated carbocycles. The largest absolute Gasteiger partial charge is 0.243 e. The molecule has 1 aromatic heterocycles. The summed E-state index contributed by atoms with van der Waals surface area (Å²) in [6.45, 7) is 0. The van der Waals surface area contributed by atoms with E-state index in [0.29, 0.717) is 0 Å². The van der Waals surface area contributed by atoms with Crippen LogP contribution in [0.25, 0.3) is 11.1 Å². The molecule has 6 heteroatoms. The highest BCUT2D eigenvalue weighted by Gasteiger charge is 2.21. The van der Waals surface area contributed by atoms with Crippen molar-refractivity contribution in [3.63, 3.8) is 0 Å². The molecule has 0 fully saturated rings. The van der Waals surface area contributed by atoms with Gasteiger partial charge in [0.2, 0.25) is 14.9 Å². The normalized spacial score (nSPS) is 11.4. The van der Waals surface area contributed by atoms with Gasteiger partial charge in [-0.05, 0) is 28.4 Å². The minimum atomic E-state index is -3.69. The Kier molecular flexibility index (Phi) is 3.08. The van der Waals surface area contributed by atoms with Crippen LogP contribution in [0.2, 0.25) is 0 Å². The van der Waals surface area contributed by atoms with Crippen molar-refractivity contribution in [3.05, 3.63) is 60.8 Å². The Morgan fingerprint density at radius 3 is 2.35 bits per heavy atom. The van der Waals surface area contributed by atoms with E-state index in [4.69, 9.17) is 0 Å². The lowest BCUT2D eigenvalue weighted by atomic mass is 10.1. The molecule has 0 aliphatic heterocycles. The van der Waals surface area contributed by atoms with E-state index in [0.717, 1.165) is 17.3 Å². The first-order chi connectivity index (χ1) is 9.68. The number of rotatable bonds is 3. The third kappa shape index (κ3) is 2.21. The van der Waals surface area contributed by atoms with E-state index in [-0.39, 0.29) is 9.92 Å². The first-order valence-corrected chi connectivity index (χ1v) is 7.34. The van der Waals surface area contributed by atoms with Gasteiger partial charge in [0.1, 0.15) is 6.20 Å². The summed E-state index contributed by atoms with van der Waals surface area (Å²) in [5.74, 6) is 0. The zero-order valence-electron chi connectivity index (χ0n) is 10.3. The van der Waals surface area contributed by atoms with E-state index in [1.807, 2.05) is 36.4 Å². The fourth-order valence-electron chi connectivity index (χ4n) is 1.87. The molecule has 0 N–H and O–H groups in total. The monoisotopic (exact) mass is 286 g/mol. The van der Waals surface area contributed by atoms with Crippen LogP contribution in [0, 0.1) is 0 Å². The SMILES string of the molecule is O=S(=O)(c1cccc(-c2ccccc2)c1)c1cnon1. The van der Waals surface area contributed by atoms with E-state index in [1.54, 1.807) is 12.1 Å². The second kappa shape index (κ2) is 4.90. The number of hydrogen-bond acceptors (Lipinski definition) is 5. The summed E-state index contributed by atoms with van der Waals surface area (Å²) >= 11 is 0. The van der Waals surface area contributed by atoms with E-state index >= 15 is 0 Å². The molecule has 3 rings (SSSR count). The third-order valence-corrected chi connectivity index (χ3v) is 4.47. The maximum atomic E-state index is 12.3. The van der Waals surface area contributed by atoms with Crippen LogP contribution >= 0.6 is 0 Å². The molecule has 20 heavy (non-hydrogen) atoms. The number of aromatic nitrogens is 2. The molecule has 0 spiro atoms. The van der Waals surface area contributed by atoms with Gasteiger partial charge < -0.3 is 0 Å². The predicted octanol–water partition coefficient (Wildman–Crippen LogP) is 2.57. The van der Waals surface area contributed by atoms with Gasteiger partial charge in [0, 0.05) is 0 Å². The van der Waals surface area contributed by atoms with Gasteiger partial charge in [-0.3, -0.25) is 0 Å². The summed E-state index contributed by atoms with van der Waals surface area (Å²) in [6, 6.07) is 16.2. The minimum absolute atomic E-state index is 0.162. The van der Waals surface area contributed by atoms with Crippen LogP contribution in [0.1, 0.15) is 0 Å². The number of benzene rings is 2. The van der Waals surface area contributed by atoms with Gasteiger partial charge >= 0.3 is 0 Å². The molecule has 100 valence electrons. The van der Waals surface area contributed by atoms with Gasteiger partial charge in [0.05, 0.1) is 4.90 Å². The van der Waals surface area contributed by atoms with Crippen LogP contribution in [0.4, 0.5) is 0 Å². The Balaban J connectivity index is 2.09. The van der Waals surface area contributed by atoms with Crippen molar-refractivity contribution >= 4 is 9.84 Å². The Morgan fingerprint density at radius 1 is 0.900 bits per heavy atom. The fourth-order valence-corrected chi connectivity index (χ4v) is 2.96. The topological polar surface area (TPSA) is 73.1 Å². The molecule has 0 atom stereocenters. The maximum Gasteiger partial charge on any atom is 0.229 e. The van der Waals surface area contributed by atoms with E-state index in [9.17, 15) is 8.42 Å². The molecule has 3 aromatic rings.